The number of methoxy groups -OCH3 is 1. The van der Waals surface area contributed by atoms with Gasteiger partial charge in [0.1, 0.15) is 11.6 Å². The summed E-state index contributed by atoms with van der Waals surface area (Å²) < 4.78 is 5.54. The Morgan fingerprint density at radius 2 is 2.12 bits per heavy atom. The third-order valence-corrected chi connectivity index (χ3v) is 4.10. The van der Waals surface area contributed by atoms with Crippen LogP contribution >= 0.6 is 27.5 Å². The molecule has 0 heterocycles. The van der Waals surface area contributed by atoms with E-state index in [4.69, 9.17) is 16.3 Å². The van der Waals surface area contributed by atoms with E-state index in [0.717, 1.165) is 0 Å². The molecule has 0 unspecified atom stereocenters. The van der Waals surface area contributed by atoms with Crippen molar-refractivity contribution >= 4 is 45.2 Å². The van der Waals surface area contributed by atoms with Gasteiger partial charge in [0.25, 0.3) is 5.91 Å². The van der Waals surface area contributed by atoms with Crippen LogP contribution in [0.1, 0.15) is 5.56 Å². The van der Waals surface area contributed by atoms with E-state index < -0.39 is 5.91 Å². The van der Waals surface area contributed by atoms with E-state index in [2.05, 4.69) is 21.2 Å². The van der Waals surface area contributed by atoms with Gasteiger partial charge in [-0.15, -0.1) is 0 Å². The van der Waals surface area contributed by atoms with Crippen molar-refractivity contribution < 1.29 is 14.6 Å². The number of rotatable bonds is 4. The molecule has 2 N–H and O–H groups in total. The lowest BCUT2D eigenvalue weighted by Gasteiger charge is -2.08. The fraction of sp³-hybridized carbons (Fsp3) is 0.0588. The largest absolute Gasteiger partial charge is 0.504 e. The van der Waals surface area contributed by atoms with Gasteiger partial charge in [0.15, 0.2) is 11.5 Å². The molecule has 2 rings (SSSR count). The number of phenolic OH excluding ortho intramolecular Hbond substituents is 1. The molecule has 1 amide bonds. The fourth-order valence-corrected chi connectivity index (χ4v) is 2.52. The van der Waals surface area contributed by atoms with Crippen LogP contribution in [0.2, 0.25) is 5.02 Å². The maximum Gasteiger partial charge on any atom is 0.266 e. The molecule has 0 aromatic heterocycles. The van der Waals surface area contributed by atoms with Gasteiger partial charge in [-0.2, -0.15) is 5.26 Å². The van der Waals surface area contributed by atoms with Crippen molar-refractivity contribution in [1.82, 2.24) is 0 Å². The summed E-state index contributed by atoms with van der Waals surface area (Å²) >= 11 is 9.26. The third kappa shape index (κ3) is 4.07. The van der Waals surface area contributed by atoms with Crippen molar-refractivity contribution in [1.29, 1.82) is 5.26 Å². The van der Waals surface area contributed by atoms with Crippen LogP contribution in [0.25, 0.3) is 6.08 Å². The molecule has 7 heteroatoms. The number of carbonyl (C=O) groups is 1. The van der Waals surface area contributed by atoms with Crippen molar-refractivity contribution in [2.24, 2.45) is 0 Å². The first-order valence-electron chi connectivity index (χ1n) is 6.70. The van der Waals surface area contributed by atoms with E-state index in [0.29, 0.717) is 20.7 Å². The molecule has 0 fully saturated rings. The molecule has 0 radical (unpaired) electrons. The zero-order valence-corrected chi connectivity index (χ0v) is 14.9. The van der Waals surface area contributed by atoms with E-state index in [9.17, 15) is 15.2 Å². The topological polar surface area (TPSA) is 82.3 Å². The normalized spacial score (nSPS) is 10.8. The number of nitriles is 1. The minimum Gasteiger partial charge on any atom is -0.504 e. The number of hydrogen-bond acceptors (Lipinski definition) is 4. The van der Waals surface area contributed by atoms with Crippen molar-refractivity contribution in [2.75, 3.05) is 12.4 Å². The number of halogens is 2. The Kier molecular flexibility index (Phi) is 5.85. The lowest BCUT2D eigenvalue weighted by molar-refractivity contribution is -0.112. The van der Waals surface area contributed by atoms with Crippen LogP contribution in [-0.4, -0.2) is 18.1 Å². The molecule has 2 aromatic carbocycles. The number of benzene rings is 2. The number of nitrogens with zero attached hydrogens (tertiary/aromatic N) is 1. The summed E-state index contributed by atoms with van der Waals surface area (Å²) in [7, 11) is 1.41. The molecular weight excluding hydrogens is 396 g/mol. The summed E-state index contributed by atoms with van der Waals surface area (Å²) in [5.41, 5.74) is 0.798. The Bertz CT molecular complexity index is 859. The monoisotopic (exact) mass is 406 g/mol. The van der Waals surface area contributed by atoms with Crippen LogP contribution < -0.4 is 10.1 Å². The number of nitrogens with one attached hydrogen (secondary N) is 1. The number of anilines is 1. The van der Waals surface area contributed by atoms with Crippen LogP contribution in [0, 0.1) is 11.3 Å². The summed E-state index contributed by atoms with van der Waals surface area (Å²) in [6.45, 7) is 0. The zero-order chi connectivity index (χ0) is 17.7. The number of carbonyl (C=O) groups excluding carboxylic acids is 1. The lowest BCUT2D eigenvalue weighted by Crippen LogP contribution is -2.13. The van der Waals surface area contributed by atoms with Crippen molar-refractivity contribution in [3.05, 3.63) is 57.0 Å². The van der Waals surface area contributed by atoms with Crippen LogP contribution in [0.15, 0.2) is 46.4 Å². The first kappa shape index (κ1) is 17.9. The summed E-state index contributed by atoms with van der Waals surface area (Å²) in [5, 5.41) is 21.9. The Morgan fingerprint density at radius 3 is 2.75 bits per heavy atom. The molecule has 24 heavy (non-hydrogen) atoms. The molecule has 0 bridgehead atoms. The number of aromatic hydroxyl groups is 1. The highest BCUT2D eigenvalue weighted by molar-refractivity contribution is 9.10. The molecule has 2 aromatic rings. The van der Waals surface area contributed by atoms with E-state index in [1.165, 1.54) is 25.3 Å². The number of amides is 1. The highest BCUT2D eigenvalue weighted by Gasteiger charge is 2.13. The average molecular weight is 408 g/mol. The molecule has 122 valence electrons. The van der Waals surface area contributed by atoms with Crippen LogP contribution in [0.3, 0.4) is 0 Å². The SMILES string of the molecule is COc1cc(C=C(C#N)C(=O)Nc2ccccc2Cl)c(Br)cc1O. The van der Waals surface area contributed by atoms with Crippen LogP contribution in [0.5, 0.6) is 11.5 Å². The third-order valence-electron chi connectivity index (χ3n) is 3.09. The first-order chi connectivity index (χ1) is 11.5. The molecule has 0 aliphatic heterocycles. The number of hydrogen-bond donors (Lipinski definition) is 2. The highest BCUT2D eigenvalue weighted by atomic mass is 79.9. The van der Waals surface area contributed by atoms with Gasteiger partial charge in [0.2, 0.25) is 0 Å². The molecular formula is C17H12BrClN2O3. The summed E-state index contributed by atoms with van der Waals surface area (Å²) in [6.07, 6.45) is 1.39. The van der Waals surface area contributed by atoms with E-state index in [1.54, 1.807) is 24.3 Å². The maximum absolute atomic E-state index is 12.3. The standard InChI is InChI=1S/C17H12BrClN2O3/c1-24-16-7-10(12(18)8-15(16)22)6-11(9-20)17(23)21-14-5-3-2-4-13(14)19/h2-8,22H,1H3,(H,21,23). The van der Waals surface area contributed by atoms with E-state index >= 15 is 0 Å². The lowest BCUT2D eigenvalue weighted by atomic mass is 10.1. The maximum atomic E-state index is 12.3. The second-order valence-corrected chi connectivity index (χ2v) is 5.91. The van der Waals surface area contributed by atoms with Crippen LogP contribution in [-0.2, 0) is 4.79 Å². The molecule has 0 saturated heterocycles. The number of ether oxygens (including phenoxy) is 1. The predicted octanol–water partition coefficient (Wildman–Crippen LogP) is 4.36. The predicted molar refractivity (Wildman–Crippen MR) is 96.0 cm³/mol. The van der Waals surface area contributed by atoms with Gasteiger partial charge in [0.05, 0.1) is 17.8 Å². The fourth-order valence-electron chi connectivity index (χ4n) is 1.89. The minimum atomic E-state index is -0.593. The second-order valence-electron chi connectivity index (χ2n) is 4.65. The number of phenols is 1. The van der Waals surface area contributed by atoms with Gasteiger partial charge in [-0.3, -0.25) is 4.79 Å². The minimum absolute atomic E-state index is 0.0550. The summed E-state index contributed by atoms with van der Waals surface area (Å²) in [6, 6.07) is 11.5. The summed E-state index contributed by atoms with van der Waals surface area (Å²) in [5.74, 6) is -0.418. The Hall–Kier alpha value is -2.49. The smallest absolute Gasteiger partial charge is 0.266 e. The Morgan fingerprint density at radius 1 is 1.42 bits per heavy atom. The van der Waals surface area contributed by atoms with Gasteiger partial charge in [-0.1, -0.05) is 39.7 Å². The van der Waals surface area contributed by atoms with Gasteiger partial charge >= 0.3 is 0 Å². The van der Waals surface area contributed by atoms with Crippen LogP contribution in [0.4, 0.5) is 5.69 Å². The summed E-state index contributed by atoms with van der Waals surface area (Å²) in [4.78, 5) is 12.3. The van der Waals surface area contributed by atoms with E-state index in [1.807, 2.05) is 6.07 Å². The average Bonchev–Trinajstić information content (AvgIpc) is 2.56. The van der Waals surface area contributed by atoms with Gasteiger partial charge in [-0.25, -0.2) is 0 Å². The molecule has 0 aliphatic rings. The van der Waals surface area contributed by atoms with Gasteiger partial charge in [-0.05, 0) is 35.9 Å². The van der Waals surface area contributed by atoms with Crippen molar-refractivity contribution in [3.63, 3.8) is 0 Å². The molecule has 0 spiro atoms. The molecule has 5 nitrogen and oxygen atoms in total. The Labute approximate surface area is 152 Å². The zero-order valence-electron chi connectivity index (χ0n) is 12.5. The highest BCUT2D eigenvalue weighted by Crippen LogP contribution is 2.33. The second kappa shape index (κ2) is 7.86. The van der Waals surface area contributed by atoms with Gasteiger partial charge < -0.3 is 15.2 Å². The quantitative estimate of drug-likeness (QED) is 0.583. The van der Waals surface area contributed by atoms with Gasteiger partial charge in [0, 0.05) is 4.47 Å². The molecule has 0 saturated carbocycles. The Balaban J connectivity index is 2.34. The van der Waals surface area contributed by atoms with Crippen molar-refractivity contribution in [3.8, 4) is 17.6 Å². The molecule has 0 aliphatic carbocycles. The van der Waals surface area contributed by atoms with E-state index in [-0.39, 0.29) is 17.1 Å². The first-order valence-corrected chi connectivity index (χ1v) is 7.87. The molecule has 0 atom stereocenters. The number of para-hydroxylation sites is 1. The van der Waals surface area contributed by atoms with Crippen molar-refractivity contribution in [2.45, 2.75) is 0 Å².